The predicted octanol–water partition coefficient (Wildman–Crippen LogP) is 3.52. The van der Waals surface area contributed by atoms with E-state index in [4.69, 9.17) is 0 Å². The largest absolute Gasteiger partial charge is 0.338 e. The first kappa shape index (κ1) is 14.1. The van der Waals surface area contributed by atoms with Crippen LogP contribution in [0, 0.1) is 5.92 Å². The van der Waals surface area contributed by atoms with E-state index >= 15 is 0 Å². The van der Waals surface area contributed by atoms with Crippen molar-refractivity contribution in [2.45, 2.75) is 44.9 Å². The molecule has 0 heterocycles. The van der Waals surface area contributed by atoms with E-state index in [-0.39, 0.29) is 11.8 Å². The van der Waals surface area contributed by atoms with Gasteiger partial charge < -0.3 is 10.6 Å². The quantitative estimate of drug-likeness (QED) is 0.893. The number of hydrogen-bond acceptors (Lipinski definition) is 2. The number of rotatable bonds is 3. The number of fused-ring (bicyclic) bond motifs is 1. The Kier molecular flexibility index (Phi) is 4.23. The smallest absolute Gasteiger partial charge is 0.319 e. The summed E-state index contributed by atoms with van der Waals surface area (Å²) in [7, 11) is 0. The van der Waals surface area contributed by atoms with Crippen LogP contribution in [0.5, 0.6) is 0 Å². The number of ketones is 1. The van der Waals surface area contributed by atoms with Crippen LogP contribution in [-0.2, 0) is 6.42 Å². The van der Waals surface area contributed by atoms with Crippen LogP contribution in [0.15, 0.2) is 18.2 Å². The van der Waals surface area contributed by atoms with E-state index in [9.17, 15) is 9.59 Å². The van der Waals surface area contributed by atoms with Gasteiger partial charge in [-0.05, 0) is 48.9 Å². The van der Waals surface area contributed by atoms with E-state index in [1.54, 1.807) is 0 Å². The minimum atomic E-state index is -0.148. The van der Waals surface area contributed by atoms with Gasteiger partial charge in [-0.2, -0.15) is 0 Å². The van der Waals surface area contributed by atoms with Crippen LogP contribution in [0.1, 0.15) is 54.4 Å². The molecule has 2 aliphatic rings. The molecule has 0 atom stereocenters. The van der Waals surface area contributed by atoms with Crippen LogP contribution >= 0.6 is 0 Å². The summed E-state index contributed by atoms with van der Waals surface area (Å²) in [5.41, 5.74) is 2.62. The average molecular weight is 286 g/mol. The number of anilines is 1. The van der Waals surface area contributed by atoms with E-state index in [1.807, 2.05) is 18.2 Å². The summed E-state index contributed by atoms with van der Waals surface area (Å²) in [6, 6.07) is 5.40. The van der Waals surface area contributed by atoms with Crippen LogP contribution in [0.4, 0.5) is 10.5 Å². The highest BCUT2D eigenvalue weighted by Crippen LogP contribution is 2.25. The number of Topliss-reactive ketones (excluding diaryl/α,β-unsaturated/α-hetero) is 1. The van der Waals surface area contributed by atoms with Crippen LogP contribution in [0.3, 0.4) is 0 Å². The highest BCUT2D eigenvalue weighted by molar-refractivity contribution is 6.01. The van der Waals surface area contributed by atoms with Gasteiger partial charge in [0.25, 0.3) is 0 Å². The van der Waals surface area contributed by atoms with Gasteiger partial charge in [-0.25, -0.2) is 4.79 Å². The van der Waals surface area contributed by atoms with Crippen molar-refractivity contribution in [2.75, 3.05) is 11.9 Å². The van der Waals surface area contributed by atoms with E-state index in [0.29, 0.717) is 12.3 Å². The lowest BCUT2D eigenvalue weighted by molar-refractivity contribution is 0.0994. The van der Waals surface area contributed by atoms with Crippen molar-refractivity contribution in [2.24, 2.45) is 5.92 Å². The molecule has 2 aliphatic carbocycles. The lowest BCUT2D eigenvalue weighted by Crippen LogP contribution is -2.33. The first-order chi connectivity index (χ1) is 10.2. The van der Waals surface area contributed by atoms with Gasteiger partial charge in [0.05, 0.1) is 0 Å². The summed E-state index contributed by atoms with van der Waals surface area (Å²) in [5, 5.41) is 5.83. The lowest BCUT2D eigenvalue weighted by Gasteiger charge is -2.21. The molecule has 0 aromatic heterocycles. The Morgan fingerprint density at radius 1 is 1.14 bits per heavy atom. The standard InChI is InChI=1S/C17H22N2O2/c20-16-9-6-13-10-14(7-8-15(13)16)19-17(21)18-11-12-4-2-1-3-5-12/h7-8,10,12H,1-6,9,11H2,(H2,18,19,21). The van der Waals surface area contributed by atoms with Gasteiger partial charge in [0.1, 0.15) is 0 Å². The fourth-order valence-electron chi connectivity index (χ4n) is 3.34. The molecular weight excluding hydrogens is 264 g/mol. The molecule has 112 valence electrons. The van der Waals surface area contributed by atoms with Gasteiger partial charge in [-0.1, -0.05) is 19.3 Å². The highest BCUT2D eigenvalue weighted by atomic mass is 16.2. The topological polar surface area (TPSA) is 58.2 Å². The Labute approximate surface area is 125 Å². The highest BCUT2D eigenvalue weighted by Gasteiger charge is 2.19. The van der Waals surface area contributed by atoms with E-state index in [2.05, 4.69) is 10.6 Å². The Balaban J connectivity index is 1.51. The Morgan fingerprint density at radius 2 is 1.95 bits per heavy atom. The normalized spacial score (nSPS) is 18.4. The van der Waals surface area contributed by atoms with Crippen molar-refractivity contribution in [1.82, 2.24) is 5.32 Å². The zero-order chi connectivity index (χ0) is 14.7. The molecule has 2 amide bonds. The van der Waals surface area contributed by atoms with Gasteiger partial charge in [0.2, 0.25) is 0 Å². The Morgan fingerprint density at radius 3 is 2.76 bits per heavy atom. The summed E-state index contributed by atoms with van der Waals surface area (Å²) >= 11 is 0. The zero-order valence-electron chi connectivity index (χ0n) is 12.3. The molecular formula is C17H22N2O2. The fraction of sp³-hybridized carbons (Fsp3) is 0.529. The number of benzene rings is 1. The summed E-state index contributed by atoms with van der Waals surface area (Å²) in [4.78, 5) is 23.5. The number of amides is 2. The molecule has 1 saturated carbocycles. The predicted molar refractivity (Wildman–Crippen MR) is 82.7 cm³/mol. The maximum absolute atomic E-state index is 11.9. The molecule has 3 rings (SSSR count). The summed E-state index contributed by atoms with van der Waals surface area (Å²) in [5.74, 6) is 0.834. The maximum atomic E-state index is 11.9. The molecule has 21 heavy (non-hydrogen) atoms. The van der Waals surface area contributed by atoms with Crippen molar-refractivity contribution in [1.29, 1.82) is 0 Å². The third kappa shape index (κ3) is 3.43. The minimum Gasteiger partial charge on any atom is -0.338 e. The maximum Gasteiger partial charge on any atom is 0.319 e. The Bertz CT molecular complexity index is 548. The van der Waals surface area contributed by atoms with Crippen molar-refractivity contribution >= 4 is 17.5 Å². The summed E-state index contributed by atoms with van der Waals surface area (Å²) in [6.45, 7) is 0.759. The number of aryl methyl sites for hydroxylation is 1. The van der Waals surface area contributed by atoms with E-state index < -0.39 is 0 Å². The fourth-order valence-corrected chi connectivity index (χ4v) is 3.34. The molecule has 4 nitrogen and oxygen atoms in total. The number of urea groups is 1. The van der Waals surface area contributed by atoms with E-state index in [1.165, 1.54) is 32.1 Å². The second-order valence-electron chi connectivity index (χ2n) is 6.13. The van der Waals surface area contributed by atoms with Crippen LogP contribution in [0.25, 0.3) is 0 Å². The molecule has 1 aromatic carbocycles. The summed E-state index contributed by atoms with van der Waals surface area (Å²) < 4.78 is 0. The molecule has 0 bridgehead atoms. The first-order valence-electron chi connectivity index (χ1n) is 7.93. The van der Waals surface area contributed by atoms with Gasteiger partial charge >= 0.3 is 6.03 Å². The molecule has 4 heteroatoms. The summed E-state index contributed by atoms with van der Waals surface area (Å²) in [6.07, 6.45) is 7.72. The Hall–Kier alpha value is -1.84. The molecule has 0 spiro atoms. The number of nitrogens with one attached hydrogen (secondary N) is 2. The lowest BCUT2D eigenvalue weighted by atomic mass is 9.89. The molecule has 0 unspecified atom stereocenters. The zero-order valence-corrected chi connectivity index (χ0v) is 12.3. The van der Waals surface area contributed by atoms with Crippen LogP contribution < -0.4 is 10.6 Å². The van der Waals surface area contributed by atoms with Crippen LogP contribution in [-0.4, -0.2) is 18.4 Å². The monoisotopic (exact) mass is 286 g/mol. The molecule has 0 aliphatic heterocycles. The first-order valence-corrected chi connectivity index (χ1v) is 7.93. The minimum absolute atomic E-state index is 0.148. The van der Waals surface area contributed by atoms with Gasteiger partial charge in [0, 0.05) is 24.2 Å². The van der Waals surface area contributed by atoms with Crippen molar-refractivity contribution < 1.29 is 9.59 Å². The SMILES string of the molecule is O=C(NCC1CCCCC1)Nc1ccc2c(c1)CCC2=O. The van der Waals surface area contributed by atoms with Gasteiger partial charge in [0.15, 0.2) is 5.78 Å². The second-order valence-corrected chi connectivity index (χ2v) is 6.13. The molecule has 1 fully saturated rings. The molecule has 0 saturated heterocycles. The van der Waals surface area contributed by atoms with Gasteiger partial charge in [-0.3, -0.25) is 4.79 Å². The van der Waals surface area contributed by atoms with Gasteiger partial charge in [-0.15, -0.1) is 0 Å². The van der Waals surface area contributed by atoms with E-state index in [0.717, 1.165) is 29.8 Å². The third-order valence-corrected chi connectivity index (χ3v) is 4.56. The van der Waals surface area contributed by atoms with Crippen molar-refractivity contribution in [3.63, 3.8) is 0 Å². The number of hydrogen-bond donors (Lipinski definition) is 2. The average Bonchev–Trinajstić information content (AvgIpc) is 2.87. The number of carbonyl (C=O) groups is 2. The molecule has 0 radical (unpaired) electrons. The second kappa shape index (κ2) is 6.29. The van der Waals surface area contributed by atoms with Crippen molar-refractivity contribution in [3.8, 4) is 0 Å². The van der Waals surface area contributed by atoms with Crippen molar-refractivity contribution in [3.05, 3.63) is 29.3 Å². The molecule has 2 N–H and O–H groups in total. The number of carbonyl (C=O) groups excluding carboxylic acids is 2. The van der Waals surface area contributed by atoms with Crippen LogP contribution in [0.2, 0.25) is 0 Å². The third-order valence-electron chi connectivity index (χ3n) is 4.56. The molecule has 1 aromatic rings.